The average Bonchev–Trinajstić information content (AvgIpc) is 2.13. The molecule has 1 aromatic carbocycles. The van der Waals surface area contributed by atoms with Gasteiger partial charge in [0.05, 0.1) is 0 Å². The predicted molar refractivity (Wildman–Crippen MR) is 62.4 cm³/mol. The summed E-state index contributed by atoms with van der Waals surface area (Å²) in [6.45, 7) is 7.18. The minimum atomic E-state index is -0.527. The molecule has 0 bridgehead atoms. The molecule has 1 rings (SSSR count). The molecule has 0 saturated heterocycles. The normalized spacial score (nSPS) is 10.2. The van der Waals surface area contributed by atoms with Crippen LogP contribution in [0.1, 0.15) is 43.0 Å². The third-order valence-electron chi connectivity index (χ3n) is 3.12. The van der Waals surface area contributed by atoms with Crippen LogP contribution in [0.4, 0.5) is 0 Å². The van der Waals surface area contributed by atoms with Gasteiger partial charge in [0.2, 0.25) is 11.8 Å². The van der Waals surface area contributed by atoms with Crippen LogP contribution >= 0.6 is 0 Å². The molecule has 86 valence electrons. The fraction of sp³-hybridized carbons (Fsp3) is 0.333. The van der Waals surface area contributed by atoms with E-state index in [1.807, 2.05) is 20.8 Å². The highest BCUT2D eigenvalue weighted by Gasteiger charge is 2.20. The lowest BCUT2D eigenvalue weighted by molar-refractivity contribution is 0.0998. The summed E-state index contributed by atoms with van der Waals surface area (Å²) in [6.07, 6.45) is 0. The van der Waals surface area contributed by atoms with Crippen molar-refractivity contribution in [1.29, 1.82) is 0 Å². The van der Waals surface area contributed by atoms with Crippen molar-refractivity contribution in [2.75, 3.05) is 0 Å². The standard InChI is InChI=1S/C12H16N2O2/c1-5-6(2)9(11(13)15)8(4)10(7(5)3)12(14)16/h1-4H3,(H2,13,15)(H2,14,16). The molecule has 2 amide bonds. The Hall–Kier alpha value is -1.84. The Labute approximate surface area is 94.6 Å². The molecule has 0 aliphatic carbocycles. The lowest BCUT2D eigenvalue weighted by atomic mass is 9.88. The van der Waals surface area contributed by atoms with E-state index in [0.29, 0.717) is 16.7 Å². The number of carbonyl (C=O) groups excluding carboxylic acids is 2. The average molecular weight is 220 g/mol. The predicted octanol–water partition coefficient (Wildman–Crippen LogP) is 1.12. The minimum Gasteiger partial charge on any atom is -0.366 e. The Bertz CT molecular complexity index is 449. The molecule has 0 fully saturated rings. The second kappa shape index (κ2) is 3.96. The second-order valence-electron chi connectivity index (χ2n) is 3.98. The summed E-state index contributed by atoms with van der Waals surface area (Å²) >= 11 is 0. The van der Waals surface area contributed by atoms with E-state index in [4.69, 9.17) is 11.5 Å². The van der Waals surface area contributed by atoms with E-state index in [1.54, 1.807) is 6.92 Å². The first kappa shape index (κ1) is 12.2. The molecule has 0 spiro atoms. The highest BCUT2D eigenvalue weighted by atomic mass is 16.1. The quantitative estimate of drug-likeness (QED) is 0.782. The Balaban J connectivity index is 3.80. The number of hydrogen-bond acceptors (Lipinski definition) is 2. The summed E-state index contributed by atoms with van der Waals surface area (Å²) in [6, 6.07) is 0. The molecule has 1 aromatic rings. The minimum absolute atomic E-state index is 0.400. The van der Waals surface area contributed by atoms with Crippen LogP contribution in [0.25, 0.3) is 0 Å². The van der Waals surface area contributed by atoms with Gasteiger partial charge < -0.3 is 11.5 Å². The largest absolute Gasteiger partial charge is 0.366 e. The van der Waals surface area contributed by atoms with Crippen molar-refractivity contribution < 1.29 is 9.59 Å². The van der Waals surface area contributed by atoms with Gasteiger partial charge >= 0.3 is 0 Å². The van der Waals surface area contributed by atoms with E-state index in [-0.39, 0.29) is 0 Å². The third kappa shape index (κ3) is 1.66. The van der Waals surface area contributed by atoms with Crippen LogP contribution < -0.4 is 11.5 Å². The van der Waals surface area contributed by atoms with Crippen LogP contribution in [0, 0.1) is 27.7 Å². The summed E-state index contributed by atoms with van der Waals surface area (Å²) in [5, 5.41) is 0. The molecule has 0 aromatic heterocycles. The topological polar surface area (TPSA) is 86.2 Å². The zero-order chi connectivity index (χ0) is 12.6. The zero-order valence-corrected chi connectivity index (χ0v) is 9.97. The number of benzene rings is 1. The molecular formula is C12H16N2O2. The fourth-order valence-corrected chi connectivity index (χ4v) is 2.08. The molecule has 0 aliphatic rings. The SMILES string of the molecule is Cc1c(C)c(C(N)=O)c(C)c(C(N)=O)c1C. The van der Waals surface area contributed by atoms with Crippen LogP contribution in [0.5, 0.6) is 0 Å². The van der Waals surface area contributed by atoms with Crippen LogP contribution in [0.15, 0.2) is 0 Å². The summed E-state index contributed by atoms with van der Waals surface area (Å²) in [5.41, 5.74) is 14.5. The van der Waals surface area contributed by atoms with Crippen molar-refractivity contribution >= 4 is 11.8 Å². The summed E-state index contributed by atoms with van der Waals surface area (Å²) < 4.78 is 0. The monoisotopic (exact) mass is 220 g/mol. The molecule has 0 saturated carbocycles. The molecule has 16 heavy (non-hydrogen) atoms. The van der Waals surface area contributed by atoms with Gasteiger partial charge in [-0.25, -0.2) is 0 Å². The van der Waals surface area contributed by atoms with Gasteiger partial charge in [-0.15, -0.1) is 0 Å². The van der Waals surface area contributed by atoms with Crippen molar-refractivity contribution in [1.82, 2.24) is 0 Å². The van der Waals surface area contributed by atoms with Crippen LogP contribution in [0.2, 0.25) is 0 Å². The number of nitrogens with two attached hydrogens (primary N) is 2. The third-order valence-corrected chi connectivity index (χ3v) is 3.12. The Kier molecular flexibility index (Phi) is 3.03. The highest BCUT2D eigenvalue weighted by Crippen LogP contribution is 2.25. The molecule has 4 heteroatoms. The molecule has 0 heterocycles. The van der Waals surface area contributed by atoms with Crippen molar-refractivity contribution in [3.63, 3.8) is 0 Å². The maximum atomic E-state index is 11.4. The summed E-state index contributed by atoms with van der Waals surface area (Å²) in [5.74, 6) is -1.05. The number of primary amides is 2. The van der Waals surface area contributed by atoms with Crippen molar-refractivity contribution in [2.24, 2.45) is 11.5 Å². The van der Waals surface area contributed by atoms with Crippen LogP contribution in [-0.2, 0) is 0 Å². The van der Waals surface area contributed by atoms with E-state index in [1.165, 1.54) is 0 Å². The van der Waals surface area contributed by atoms with Gasteiger partial charge in [-0.1, -0.05) is 0 Å². The van der Waals surface area contributed by atoms with E-state index in [0.717, 1.165) is 16.7 Å². The lowest BCUT2D eigenvalue weighted by Gasteiger charge is -2.16. The first-order chi connectivity index (χ1) is 7.29. The highest BCUT2D eigenvalue weighted by molar-refractivity contribution is 6.03. The van der Waals surface area contributed by atoms with Gasteiger partial charge in [-0.3, -0.25) is 9.59 Å². The number of amides is 2. The van der Waals surface area contributed by atoms with Gasteiger partial charge in [-0.05, 0) is 49.9 Å². The smallest absolute Gasteiger partial charge is 0.249 e. The Morgan fingerprint density at radius 2 is 1.00 bits per heavy atom. The molecular weight excluding hydrogens is 204 g/mol. The molecule has 0 atom stereocenters. The maximum Gasteiger partial charge on any atom is 0.249 e. The zero-order valence-electron chi connectivity index (χ0n) is 9.97. The summed E-state index contributed by atoms with van der Waals surface area (Å²) in [7, 11) is 0. The van der Waals surface area contributed by atoms with Crippen LogP contribution in [-0.4, -0.2) is 11.8 Å². The van der Waals surface area contributed by atoms with Gasteiger partial charge in [0.1, 0.15) is 0 Å². The van der Waals surface area contributed by atoms with Gasteiger partial charge in [-0.2, -0.15) is 0 Å². The number of hydrogen-bond donors (Lipinski definition) is 2. The molecule has 0 aliphatic heterocycles. The number of carbonyl (C=O) groups is 2. The Morgan fingerprint density at radius 1 is 0.688 bits per heavy atom. The van der Waals surface area contributed by atoms with E-state index in [2.05, 4.69) is 0 Å². The fourth-order valence-electron chi connectivity index (χ4n) is 2.08. The summed E-state index contributed by atoms with van der Waals surface area (Å²) in [4.78, 5) is 22.7. The number of rotatable bonds is 2. The van der Waals surface area contributed by atoms with E-state index < -0.39 is 11.8 Å². The maximum absolute atomic E-state index is 11.4. The first-order valence-electron chi connectivity index (χ1n) is 4.99. The van der Waals surface area contributed by atoms with Crippen molar-refractivity contribution in [3.8, 4) is 0 Å². The lowest BCUT2D eigenvalue weighted by Crippen LogP contribution is -2.22. The molecule has 0 radical (unpaired) electrons. The van der Waals surface area contributed by atoms with Crippen LogP contribution in [0.3, 0.4) is 0 Å². The second-order valence-corrected chi connectivity index (χ2v) is 3.98. The first-order valence-corrected chi connectivity index (χ1v) is 4.99. The molecule has 4 N–H and O–H groups in total. The van der Waals surface area contributed by atoms with Crippen molar-refractivity contribution in [2.45, 2.75) is 27.7 Å². The van der Waals surface area contributed by atoms with E-state index >= 15 is 0 Å². The van der Waals surface area contributed by atoms with Crippen molar-refractivity contribution in [3.05, 3.63) is 33.4 Å². The van der Waals surface area contributed by atoms with Gasteiger partial charge in [0.25, 0.3) is 0 Å². The van der Waals surface area contributed by atoms with Gasteiger partial charge in [0.15, 0.2) is 0 Å². The Morgan fingerprint density at radius 3 is 1.25 bits per heavy atom. The molecule has 0 unspecified atom stereocenters. The molecule has 4 nitrogen and oxygen atoms in total. The van der Waals surface area contributed by atoms with Gasteiger partial charge in [0, 0.05) is 11.1 Å². The van der Waals surface area contributed by atoms with E-state index in [9.17, 15) is 9.59 Å².